The van der Waals surface area contributed by atoms with E-state index in [0.717, 1.165) is 6.29 Å². The highest BCUT2D eigenvalue weighted by atomic mass is 16.7. The molecule has 2 atom stereocenters. The minimum Gasteiger partial charge on any atom is -0.359 e. The molecule has 0 saturated carbocycles. The Kier molecular flexibility index (Phi) is 5.95. The fourth-order valence-electron chi connectivity index (χ4n) is 1.81. The van der Waals surface area contributed by atoms with Gasteiger partial charge in [-0.1, -0.05) is 0 Å². The fraction of sp³-hybridized carbons (Fsp3) is 0.769. The first kappa shape index (κ1) is 15.3. The zero-order valence-corrected chi connectivity index (χ0v) is 11.5. The van der Waals surface area contributed by atoms with Crippen molar-refractivity contribution in [1.82, 2.24) is 0 Å². The van der Waals surface area contributed by atoms with Crippen molar-refractivity contribution in [2.24, 2.45) is 0 Å². The highest BCUT2D eigenvalue weighted by Crippen LogP contribution is 2.25. The molecule has 1 aliphatic heterocycles. The van der Waals surface area contributed by atoms with E-state index in [1.54, 1.807) is 20.1 Å². The number of carbonyl (C=O) groups excluding carboxylic acids is 1. The molecular formula is C13H22O5. The molecule has 0 aromatic heterocycles. The summed E-state index contributed by atoms with van der Waals surface area (Å²) in [6.07, 6.45) is 2.98. The largest absolute Gasteiger partial charge is 0.359 e. The summed E-state index contributed by atoms with van der Waals surface area (Å²) in [5.41, 5.74) is 0.634. The minimum absolute atomic E-state index is 0.0300. The lowest BCUT2D eigenvalue weighted by Crippen LogP contribution is -2.25. The molecule has 18 heavy (non-hydrogen) atoms. The summed E-state index contributed by atoms with van der Waals surface area (Å²) in [5.74, 6) is -0.542. The van der Waals surface area contributed by atoms with Crippen molar-refractivity contribution < 1.29 is 23.7 Å². The number of rotatable bonds is 7. The van der Waals surface area contributed by atoms with Gasteiger partial charge < -0.3 is 18.9 Å². The van der Waals surface area contributed by atoms with Crippen LogP contribution >= 0.6 is 0 Å². The van der Waals surface area contributed by atoms with Crippen molar-refractivity contribution in [2.45, 2.75) is 45.2 Å². The Balaban J connectivity index is 2.53. The van der Waals surface area contributed by atoms with Crippen molar-refractivity contribution in [3.8, 4) is 0 Å². The molecule has 1 saturated heterocycles. The van der Waals surface area contributed by atoms with E-state index >= 15 is 0 Å². The summed E-state index contributed by atoms with van der Waals surface area (Å²) in [7, 11) is 1.56. The molecule has 0 aromatic rings. The maximum absolute atomic E-state index is 10.6. The van der Waals surface area contributed by atoms with Gasteiger partial charge in [-0.3, -0.25) is 4.79 Å². The van der Waals surface area contributed by atoms with Gasteiger partial charge in [0.05, 0.1) is 18.8 Å². The van der Waals surface area contributed by atoms with Gasteiger partial charge in [0.1, 0.15) is 13.1 Å². The van der Waals surface area contributed by atoms with Crippen LogP contribution in [0.2, 0.25) is 0 Å². The summed E-state index contributed by atoms with van der Waals surface area (Å²) >= 11 is 0. The van der Waals surface area contributed by atoms with Crippen LogP contribution in [0.1, 0.15) is 27.2 Å². The summed E-state index contributed by atoms with van der Waals surface area (Å²) in [4.78, 5) is 10.6. The zero-order chi connectivity index (χ0) is 13.6. The molecule has 1 rings (SSSR count). The normalized spacial score (nSPS) is 25.1. The second-order valence-corrected chi connectivity index (χ2v) is 4.83. The molecule has 0 spiro atoms. The smallest absolute Gasteiger partial charge is 0.163 e. The standard InChI is InChI=1S/C13H22O5/c1-10(7-14)5-11(16-9-15-4)6-12-8-17-13(2,3)18-12/h5,7,11-12H,6,8-9H2,1-4H3/b10-5+/t11-,12-/m1/s1. The molecule has 1 aliphatic rings. The first-order chi connectivity index (χ1) is 8.46. The molecule has 0 N–H and O–H groups in total. The summed E-state index contributed by atoms with van der Waals surface area (Å²) < 4.78 is 21.6. The lowest BCUT2D eigenvalue weighted by atomic mass is 10.1. The average Bonchev–Trinajstić information content (AvgIpc) is 2.65. The van der Waals surface area contributed by atoms with Crippen LogP contribution in [0.5, 0.6) is 0 Å². The monoisotopic (exact) mass is 258 g/mol. The SMILES string of the molecule is COCO[C@H](/C=C(\C)C=O)C[C@@H]1COC(C)(C)O1. The first-order valence-electron chi connectivity index (χ1n) is 6.03. The minimum atomic E-state index is -0.542. The van der Waals surface area contributed by atoms with Crippen LogP contribution in [-0.4, -0.2) is 44.8 Å². The topological polar surface area (TPSA) is 54.0 Å². The van der Waals surface area contributed by atoms with E-state index < -0.39 is 5.79 Å². The lowest BCUT2D eigenvalue weighted by molar-refractivity contribution is -0.144. The lowest BCUT2D eigenvalue weighted by Gasteiger charge is -2.20. The highest BCUT2D eigenvalue weighted by Gasteiger charge is 2.33. The van der Waals surface area contributed by atoms with Gasteiger partial charge in [-0.15, -0.1) is 0 Å². The number of ether oxygens (including phenoxy) is 4. The molecule has 1 heterocycles. The quantitative estimate of drug-likeness (QED) is 0.395. The van der Waals surface area contributed by atoms with Crippen LogP contribution in [0.3, 0.4) is 0 Å². The van der Waals surface area contributed by atoms with Gasteiger partial charge in [0.15, 0.2) is 5.79 Å². The highest BCUT2D eigenvalue weighted by molar-refractivity contribution is 5.72. The van der Waals surface area contributed by atoms with Crippen LogP contribution in [-0.2, 0) is 23.7 Å². The third-order valence-electron chi connectivity index (χ3n) is 2.60. The number of carbonyl (C=O) groups is 1. The maximum atomic E-state index is 10.6. The van der Waals surface area contributed by atoms with Crippen molar-refractivity contribution in [3.63, 3.8) is 0 Å². The Bertz CT molecular complexity index is 298. The van der Waals surface area contributed by atoms with Gasteiger partial charge in [0.2, 0.25) is 0 Å². The van der Waals surface area contributed by atoms with Crippen molar-refractivity contribution >= 4 is 6.29 Å². The Morgan fingerprint density at radius 3 is 2.78 bits per heavy atom. The Labute approximate surface area is 108 Å². The van der Waals surface area contributed by atoms with Gasteiger partial charge in [0, 0.05) is 13.5 Å². The van der Waals surface area contributed by atoms with Crippen molar-refractivity contribution in [2.75, 3.05) is 20.5 Å². The molecule has 5 nitrogen and oxygen atoms in total. The fourth-order valence-corrected chi connectivity index (χ4v) is 1.81. The maximum Gasteiger partial charge on any atom is 0.163 e. The Morgan fingerprint density at radius 2 is 2.28 bits per heavy atom. The molecule has 0 amide bonds. The average molecular weight is 258 g/mol. The second kappa shape index (κ2) is 6.99. The zero-order valence-electron chi connectivity index (χ0n) is 11.5. The molecule has 0 unspecified atom stereocenters. The molecule has 104 valence electrons. The summed E-state index contributed by atoms with van der Waals surface area (Å²) in [5, 5.41) is 0. The van der Waals surface area contributed by atoms with Crippen molar-refractivity contribution in [1.29, 1.82) is 0 Å². The van der Waals surface area contributed by atoms with E-state index in [1.165, 1.54) is 0 Å². The van der Waals surface area contributed by atoms with E-state index in [2.05, 4.69) is 0 Å². The van der Waals surface area contributed by atoms with Crippen LogP contribution in [0, 0.1) is 0 Å². The number of hydrogen-bond acceptors (Lipinski definition) is 5. The van der Waals surface area contributed by atoms with Gasteiger partial charge in [-0.2, -0.15) is 0 Å². The van der Waals surface area contributed by atoms with Gasteiger partial charge in [-0.05, 0) is 32.4 Å². The molecule has 5 heteroatoms. The molecule has 1 fully saturated rings. The van der Waals surface area contributed by atoms with E-state index in [-0.39, 0.29) is 19.0 Å². The Morgan fingerprint density at radius 1 is 1.56 bits per heavy atom. The third kappa shape index (κ3) is 5.27. The van der Waals surface area contributed by atoms with Gasteiger partial charge >= 0.3 is 0 Å². The number of methoxy groups -OCH3 is 1. The van der Waals surface area contributed by atoms with Crippen molar-refractivity contribution in [3.05, 3.63) is 11.6 Å². The molecular weight excluding hydrogens is 236 g/mol. The molecule has 0 aromatic carbocycles. The van der Waals surface area contributed by atoms with E-state index in [0.29, 0.717) is 18.6 Å². The number of hydrogen-bond donors (Lipinski definition) is 0. The molecule has 0 bridgehead atoms. The Hall–Kier alpha value is -0.750. The summed E-state index contributed by atoms with van der Waals surface area (Å²) in [6.45, 7) is 6.22. The summed E-state index contributed by atoms with van der Waals surface area (Å²) in [6, 6.07) is 0. The molecule has 0 radical (unpaired) electrons. The predicted octanol–water partition coefficient (Wildman–Crippen LogP) is 1.66. The third-order valence-corrected chi connectivity index (χ3v) is 2.60. The first-order valence-corrected chi connectivity index (χ1v) is 6.03. The molecule has 0 aliphatic carbocycles. The second-order valence-electron chi connectivity index (χ2n) is 4.83. The number of aldehydes is 1. The van der Waals surface area contributed by atoms with Gasteiger partial charge in [-0.25, -0.2) is 0 Å². The van der Waals surface area contributed by atoms with E-state index in [4.69, 9.17) is 18.9 Å². The van der Waals surface area contributed by atoms with Crippen LogP contribution in [0.4, 0.5) is 0 Å². The van der Waals surface area contributed by atoms with Gasteiger partial charge in [0.25, 0.3) is 0 Å². The van der Waals surface area contributed by atoms with Crippen LogP contribution < -0.4 is 0 Å². The van der Waals surface area contributed by atoms with E-state index in [9.17, 15) is 4.79 Å². The van der Waals surface area contributed by atoms with Crippen LogP contribution in [0.15, 0.2) is 11.6 Å². The predicted molar refractivity (Wildman–Crippen MR) is 66.1 cm³/mol. The number of allylic oxidation sites excluding steroid dienone is 1. The van der Waals surface area contributed by atoms with Crippen LogP contribution in [0.25, 0.3) is 0 Å². The van der Waals surface area contributed by atoms with E-state index in [1.807, 2.05) is 13.8 Å².